The van der Waals surface area contributed by atoms with E-state index in [-0.39, 0.29) is 5.69 Å². The van der Waals surface area contributed by atoms with Crippen LogP contribution in [-0.2, 0) is 11.0 Å². The summed E-state index contributed by atoms with van der Waals surface area (Å²) >= 11 is 0. The number of fused-ring (bicyclic) bond motifs is 2. The first-order valence-corrected chi connectivity index (χ1v) is 10.2. The zero-order valence-electron chi connectivity index (χ0n) is 17.4. The van der Waals surface area contributed by atoms with Gasteiger partial charge >= 0.3 is 6.18 Å². The number of halogens is 3. The van der Waals surface area contributed by atoms with Gasteiger partial charge in [-0.2, -0.15) is 23.3 Å². The second-order valence-corrected chi connectivity index (χ2v) is 7.70. The number of hydrogen-bond acceptors (Lipinski definition) is 4. The number of rotatable bonds is 3. The normalized spacial score (nSPS) is 15.8. The van der Waals surface area contributed by atoms with E-state index < -0.39 is 23.7 Å². The van der Waals surface area contributed by atoms with Crippen molar-refractivity contribution in [2.75, 3.05) is 10.6 Å². The fourth-order valence-electron chi connectivity index (χ4n) is 4.13. The van der Waals surface area contributed by atoms with Crippen LogP contribution >= 0.6 is 0 Å². The summed E-state index contributed by atoms with van der Waals surface area (Å²) in [7, 11) is 0. The Hall–Kier alpha value is -4.14. The highest BCUT2D eigenvalue weighted by Crippen LogP contribution is 2.38. The minimum Gasteiger partial charge on any atom is -0.328 e. The summed E-state index contributed by atoms with van der Waals surface area (Å²) in [6.45, 7) is 1.73. The predicted molar refractivity (Wildman–Crippen MR) is 119 cm³/mol. The first-order valence-electron chi connectivity index (χ1n) is 10.2. The number of nitrogens with zero attached hydrogens (tertiary/aromatic N) is 3. The largest absolute Gasteiger partial charge is 0.416 e. The molecule has 5 rings (SSSR count). The van der Waals surface area contributed by atoms with Crippen molar-refractivity contribution in [3.05, 3.63) is 95.5 Å². The van der Waals surface area contributed by atoms with Crippen molar-refractivity contribution in [3.8, 4) is 0 Å². The Morgan fingerprint density at radius 3 is 2.64 bits per heavy atom. The molecular weight excluding hydrogens is 431 g/mol. The van der Waals surface area contributed by atoms with Crippen LogP contribution in [0, 0.1) is 0 Å². The molecule has 0 aliphatic carbocycles. The first-order chi connectivity index (χ1) is 15.8. The highest BCUT2D eigenvalue weighted by molar-refractivity contribution is 6.06. The Kier molecular flexibility index (Phi) is 4.88. The van der Waals surface area contributed by atoms with Crippen LogP contribution in [-0.4, -0.2) is 20.7 Å². The average Bonchev–Trinajstić information content (AvgIpc) is 3.25. The van der Waals surface area contributed by atoms with E-state index in [0.29, 0.717) is 17.2 Å². The third kappa shape index (κ3) is 3.71. The maximum absolute atomic E-state index is 13.4. The van der Waals surface area contributed by atoms with Crippen molar-refractivity contribution < 1.29 is 18.0 Å². The lowest BCUT2D eigenvalue weighted by Gasteiger charge is -2.29. The fraction of sp³-hybridized carbons (Fsp3) is 0.125. The molecule has 0 radical (unpaired) electrons. The Morgan fingerprint density at radius 2 is 1.82 bits per heavy atom. The number of alkyl halides is 3. The van der Waals surface area contributed by atoms with Gasteiger partial charge in [0.05, 0.1) is 11.1 Å². The molecule has 0 saturated heterocycles. The summed E-state index contributed by atoms with van der Waals surface area (Å²) in [5, 5.41) is 11.9. The standard InChI is InChI=1S/C24H18F3N5O/c1-14-20(22(33)31-17-9-5-8-16(12-17)24(25,26)27)21(32-23(30-14)28-13-29-32)19-11-4-7-15-6-2-3-10-18(15)19/h2-13,21H,1H3,(H,31,33)(H,28,29,30). The Bertz CT molecular complexity index is 1400. The molecule has 3 aromatic carbocycles. The molecule has 6 nitrogen and oxygen atoms in total. The van der Waals surface area contributed by atoms with Gasteiger partial charge in [0.1, 0.15) is 12.4 Å². The van der Waals surface area contributed by atoms with Crippen LogP contribution < -0.4 is 10.6 Å². The van der Waals surface area contributed by atoms with E-state index in [1.165, 1.54) is 18.5 Å². The van der Waals surface area contributed by atoms with Gasteiger partial charge in [-0.3, -0.25) is 4.79 Å². The number of anilines is 2. The lowest BCUT2D eigenvalue weighted by Crippen LogP contribution is -2.31. The summed E-state index contributed by atoms with van der Waals surface area (Å²) < 4.78 is 41.0. The van der Waals surface area contributed by atoms with E-state index in [2.05, 4.69) is 20.7 Å². The Morgan fingerprint density at radius 1 is 1.06 bits per heavy atom. The van der Waals surface area contributed by atoms with Gasteiger partial charge in [-0.05, 0) is 41.5 Å². The van der Waals surface area contributed by atoms with Gasteiger partial charge < -0.3 is 10.6 Å². The summed E-state index contributed by atoms with van der Waals surface area (Å²) in [5.74, 6) is -0.0561. The van der Waals surface area contributed by atoms with Crippen LogP contribution in [0.15, 0.2) is 84.3 Å². The Balaban J connectivity index is 1.60. The summed E-state index contributed by atoms with van der Waals surface area (Å²) in [5.41, 5.74) is 0.919. The molecule has 2 N–H and O–H groups in total. The van der Waals surface area contributed by atoms with Crippen LogP contribution in [0.3, 0.4) is 0 Å². The number of allylic oxidation sites excluding steroid dienone is 1. The van der Waals surface area contributed by atoms with Crippen molar-refractivity contribution in [1.29, 1.82) is 0 Å². The molecule has 1 aliphatic rings. The van der Waals surface area contributed by atoms with Crippen LogP contribution in [0.4, 0.5) is 24.8 Å². The minimum absolute atomic E-state index is 0.0520. The summed E-state index contributed by atoms with van der Waals surface area (Å²) in [6.07, 6.45) is -3.12. The number of aromatic nitrogens is 3. The molecule has 1 unspecified atom stereocenters. The molecule has 33 heavy (non-hydrogen) atoms. The molecule has 1 aromatic heterocycles. The van der Waals surface area contributed by atoms with Crippen LogP contribution in [0.2, 0.25) is 0 Å². The van der Waals surface area contributed by atoms with Crippen LogP contribution in [0.25, 0.3) is 10.8 Å². The number of carbonyl (C=O) groups is 1. The molecule has 1 aliphatic heterocycles. The summed E-state index contributed by atoms with van der Waals surface area (Å²) in [6, 6.07) is 17.5. The third-order valence-corrected chi connectivity index (χ3v) is 5.60. The van der Waals surface area contributed by atoms with E-state index >= 15 is 0 Å². The van der Waals surface area contributed by atoms with Crippen LogP contribution in [0.1, 0.15) is 24.1 Å². The highest BCUT2D eigenvalue weighted by Gasteiger charge is 2.35. The lowest BCUT2D eigenvalue weighted by molar-refractivity contribution is -0.137. The van der Waals surface area contributed by atoms with Gasteiger partial charge in [0.25, 0.3) is 5.91 Å². The van der Waals surface area contributed by atoms with Gasteiger partial charge in [0.2, 0.25) is 5.95 Å². The molecule has 0 bridgehead atoms. The minimum atomic E-state index is -4.51. The zero-order valence-corrected chi connectivity index (χ0v) is 17.4. The second-order valence-electron chi connectivity index (χ2n) is 7.70. The number of amides is 1. The molecule has 1 atom stereocenters. The van der Waals surface area contributed by atoms with Crippen molar-refractivity contribution >= 4 is 28.3 Å². The molecule has 4 aromatic rings. The SMILES string of the molecule is CC1=C(C(=O)Nc2cccc(C(F)(F)F)c2)C(c2cccc3ccccc23)n2ncnc2N1. The molecule has 9 heteroatoms. The molecule has 166 valence electrons. The maximum Gasteiger partial charge on any atom is 0.416 e. The number of hydrogen-bond donors (Lipinski definition) is 2. The lowest BCUT2D eigenvalue weighted by atomic mass is 9.91. The quantitative estimate of drug-likeness (QED) is 0.441. The number of benzene rings is 3. The van der Waals surface area contributed by atoms with Gasteiger partial charge in [-0.25, -0.2) is 4.68 Å². The van der Waals surface area contributed by atoms with Crippen molar-refractivity contribution in [1.82, 2.24) is 14.8 Å². The predicted octanol–water partition coefficient (Wildman–Crippen LogP) is 5.38. The van der Waals surface area contributed by atoms with Gasteiger partial charge in [0.15, 0.2) is 0 Å². The van der Waals surface area contributed by atoms with E-state index in [4.69, 9.17) is 0 Å². The van der Waals surface area contributed by atoms with Gasteiger partial charge in [0, 0.05) is 11.4 Å². The number of nitrogens with one attached hydrogen (secondary N) is 2. The third-order valence-electron chi connectivity index (χ3n) is 5.60. The van der Waals surface area contributed by atoms with E-state index in [9.17, 15) is 18.0 Å². The van der Waals surface area contributed by atoms with Gasteiger partial charge in [-0.1, -0.05) is 48.5 Å². The average molecular weight is 449 g/mol. The molecule has 0 spiro atoms. The molecule has 1 amide bonds. The summed E-state index contributed by atoms with van der Waals surface area (Å²) in [4.78, 5) is 17.7. The Labute approximate surface area is 186 Å². The van der Waals surface area contributed by atoms with Crippen LogP contribution in [0.5, 0.6) is 0 Å². The topological polar surface area (TPSA) is 71.8 Å². The number of carbonyl (C=O) groups excluding carboxylic acids is 1. The fourth-order valence-corrected chi connectivity index (χ4v) is 4.13. The molecule has 0 saturated carbocycles. The smallest absolute Gasteiger partial charge is 0.328 e. The van der Waals surface area contributed by atoms with E-state index in [1.807, 2.05) is 42.5 Å². The van der Waals surface area contributed by atoms with Crippen molar-refractivity contribution in [2.24, 2.45) is 0 Å². The molecule has 0 fully saturated rings. The highest BCUT2D eigenvalue weighted by atomic mass is 19.4. The van der Waals surface area contributed by atoms with Gasteiger partial charge in [-0.15, -0.1) is 0 Å². The first kappa shape index (κ1) is 20.7. The van der Waals surface area contributed by atoms with E-state index in [1.54, 1.807) is 11.6 Å². The monoisotopic (exact) mass is 449 g/mol. The second kappa shape index (κ2) is 7.77. The van der Waals surface area contributed by atoms with E-state index in [0.717, 1.165) is 28.5 Å². The maximum atomic E-state index is 13.4. The molecular formula is C24H18F3N5O. The van der Waals surface area contributed by atoms with Crippen molar-refractivity contribution in [2.45, 2.75) is 19.1 Å². The molecule has 2 heterocycles. The van der Waals surface area contributed by atoms with Crippen molar-refractivity contribution in [3.63, 3.8) is 0 Å². The zero-order chi connectivity index (χ0) is 23.2.